The molecule has 0 aliphatic rings. The van der Waals surface area contributed by atoms with E-state index in [0.29, 0.717) is 0 Å². The molecule has 0 aliphatic carbocycles. The summed E-state index contributed by atoms with van der Waals surface area (Å²) in [5.41, 5.74) is 5.49. The maximum atomic E-state index is 11.9. The molecule has 0 spiro atoms. The lowest BCUT2D eigenvalue weighted by molar-refractivity contribution is 0.318. The molecule has 0 atom stereocenters. The maximum absolute atomic E-state index is 11.9. The van der Waals surface area contributed by atoms with Crippen molar-refractivity contribution in [3.63, 3.8) is 0 Å². The van der Waals surface area contributed by atoms with Gasteiger partial charge in [-0.3, -0.25) is 14.9 Å². The van der Waals surface area contributed by atoms with Gasteiger partial charge in [-0.25, -0.2) is 0 Å². The number of nitrogens with one attached hydrogen (secondary N) is 3. The lowest BCUT2D eigenvalue weighted by atomic mass is 10.3. The maximum Gasteiger partial charge on any atom is 0.279 e. The number of oxime groups is 1. The number of nitrogens with zero attached hydrogens (tertiary/aromatic N) is 3. The van der Waals surface area contributed by atoms with E-state index in [1.807, 2.05) is 0 Å². The van der Waals surface area contributed by atoms with Crippen LogP contribution in [0.5, 0.6) is 0 Å². The van der Waals surface area contributed by atoms with E-state index in [1.54, 1.807) is 0 Å². The smallest absolute Gasteiger partial charge is 0.279 e. The van der Waals surface area contributed by atoms with Crippen molar-refractivity contribution in [1.29, 1.82) is 0 Å². The molecular formula is C7H9N7O3S. The summed E-state index contributed by atoms with van der Waals surface area (Å²) in [6, 6.07) is 1.28. The fourth-order valence-corrected chi connectivity index (χ4v) is 2.14. The van der Waals surface area contributed by atoms with Crippen LogP contribution in [0, 0.1) is 0 Å². The number of amidine groups is 1. The largest absolute Gasteiger partial charge is 0.409 e. The predicted molar refractivity (Wildman–Crippen MR) is 60.5 cm³/mol. The average Bonchev–Trinajstić information content (AvgIpc) is 2.97. The first-order chi connectivity index (χ1) is 8.54. The standard InChI is InChI=1S/C7H9N7O3S/c8-6(13-15)4-3-10-12-7(4)14-18(16,17)5-1-2-9-11-5/h1-3,15H,(H2,8,13)(H,9,11)(H2,10,12,14). The van der Waals surface area contributed by atoms with Crippen LogP contribution in [0.2, 0.25) is 0 Å². The van der Waals surface area contributed by atoms with Crippen LogP contribution in [0.1, 0.15) is 5.56 Å². The molecule has 0 saturated carbocycles. The van der Waals surface area contributed by atoms with Gasteiger partial charge in [0.2, 0.25) is 0 Å². The highest BCUT2D eigenvalue weighted by Crippen LogP contribution is 2.15. The second-order valence-electron chi connectivity index (χ2n) is 3.17. The third kappa shape index (κ3) is 2.10. The van der Waals surface area contributed by atoms with E-state index >= 15 is 0 Å². The van der Waals surface area contributed by atoms with Gasteiger partial charge in [0.05, 0.1) is 18.0 Å². The van der Waals surface area contributed by atoms with Crippen molar-refractivity contribution < 1.29 is 13.6 Å². The second kappa shape index (κ2) is 4.37. The monoisotopic (exact) mass is 271 g/mol. The number of H-pyrrole nitrogens is 2. The lowest BCUT2D eigenvalue weighted by Gasteiger charge is -2.05. The summed E-state index contributed by atoms with van der Waals surface area (Å²) in [4.78, 5) is 0. The van der Waals surface area contributed by atoms with Crippen LogP contribution in [0.4, 0.5) is 5.82 Å². The van der Waals surface area contributed by atoms with E-state index in [4.69, 9.17) is 10.9 Å². The Kier molecular flexibility index (Phi) is 2.89. The van der Waals surface area contributed by atoms with E-state index in [9.17, 15) is 8.42 Å². The summed E-state index contributed by atoms with van der Waals surface area (Å²) in [5.74, 6) is -0.286. The molecule has 0 aliphatic heterocycles. The third-order valence-corrected chi connectivity index (χ3v) is 3.30. The molecule has 0 amide bonds. The van der Waals surface area contributed by atoms with E-state index in [0.717, 1.165) is 0 Å². The Hall–Kier alpha value is -2.56. The van der Waals surface area contributed by atoms with Crippen LogP contribution in [-0.4, -0.2) is 39.9 Å². The van der Waals surface area contributed by atoms with Crippen LogP contribution in [0.15, 0.2) is 28.6 Å². The van der Waals surface area contributed by atoms with Gasteiger partial charge in [-0.15, -0.1) is 0 Å². The minimum absolute atomic E-state index is 0.0140. The Morgan fingerprint density at radius 2 is 2.22 bits per heavy atom. The molecule has 2 rings (SSSR count). The highest BCUT2D eigenvalue weighted by Gasteiger charge is 2.19. The molecule has 96 valence electrons. The third-order valence-electron chi connectivity index (χ3n) is 2.02. The average molecular weight is 271 g/mol. The van der Waals surface area contributed by atoms with Crippen LogP contribution >= 0.6 is 0 Å². The van der Waals surface area contributed by atoms with Gasteiger partial charge in [-0.1, -0.05) is 5.16 Å². The van der Waals surface area contributed by atoms with Crippen LogP contribution in [0.25, 0.3) is 0 Å². The molecule has 2 aromatic rings. The Balaban J connectivity index is 2.34. The molecule has 11 heteroatoms. The highest BCUT2D eigenvalue weighted by molar-refractivity contribution is 7.92. The highest BCUT2D eigenvalue weighted by atomic mass is 32.2. The number of aromatic amines is 2. The van der Waals surface area contributed by atoms with Crippen LogP contribution in [-0.2, 0) is 10.0 Å². The van der Waals surface area contributed by atoms with E-state index in [2.05, 4.69) is 30.3 Å². The van der Waals surface area contributed by atoms with Gasteiger partial charge in [0, 0.05) is 0 Å². The quantitative estimate of drug-likeness (QED) is 0.208. The molecule has 0 aromatic carbocycles. The van der Waals surface area contributed by atoms with Gasteiger partial charge >= 0.3 is 0 Å². The zero-order valence-electron chi connectivity index (χ0n) is 8.82. The molecule has 0 saturated heterocycles. The predicted octanol–water partition coefficient (Wildman–Crippen LogP) is -0.972. The fourth-order valence-electron chi connectivity index (χ4n) is 1.19. The molecule has 18 heavy (non-hydrogen) atoms. The summed E-state index contributed by atoms with van der Waals surface area (Å²) in [6.07, 6.45) is 2.52. The Bertz CT molecular complexity index is 657. The fraction of sp³-hybridized carbons (Fsp3) is 0. The molecule has 6 N–H and O–H groups in total. The van der Waals surface area contributed by atoms with Crippen molar-refractivity contribution in [2.24, 2.45) is 10.9 Å². The van der Waals surface area contributed by atoms with Crippen LogP contribution in [0.3, 0.4) is 0 Å². The van der Waals surface area contributed by atoms with Gasteiger partial charge < -0.3 is 10.9 Å². The number of hydrogen-bond acceptors (Lipinski definition) is 6. The number of aromatic nitrogens is 4. The van der Waals surface area contributed by atoms with E-state index in [1.165, 1.54) is 18.5 Å². The van der Waals surface area contributed by atoms with Gasteiger partial charge in [-0.2, -0.15) is 18.6 Å². The van der Waals surface area contributed by atoms with E-state index in [-0.39, 0.29) is 22.2 Å². The van der Waals surface area contributed by atoms with Crippen molar-refractivity contribution in [3.05, 3.63) is 24.0 Å². The summed E-state index contributed by atoms with van der Waals surface area (Å²) >= 11 is 0. The number of anilines is 1. The molecule has 2 heterocycles. The molecule has 2 aromatic heterocycles. The first-order valence-electron chi connectivity index (χ1n) is 4.58. The second-order valence-corrected chi connectivity index (χ2v) is 4.82. The Morgan fingerprint density at radius 3 is 2.83 bits per heavy atom. The van der Waals surface area contributed by atoms with Crippen molar-refractivity contribution in [2.45, 2.75) is 5.03 Å². The minimum atomic E-state index is -3.84. The van der Waals surface area contributed by atoms with Crippen molar-refractivity contribution in [1.82, 2.24) is 20.4 Å². The molecule has 0 bridgehead atoms. The molecule has 0 fully saturated rings. The van der Waals surface area contributed by atoms with Crippen LogP contribution < -0.4 is 10.5 Å². The molecular weight excluding hydrogens is 262 g/mol. The van der Waals surface area contributed by atoms with Gasteiger partial charge in [0.25, 0.3) is 10.0 Å². The molecule has 0 radical (unpaired) electrons. The number of nitrogens with two attached hydrogens (primary N) is 1. The SMILES string of the molecule is NC(=NO)c1cn[nH]c1NS(=O)(=O)c1ccn[nH]1. The molecule has 0 unspecified atom stereocenters. The zero-order valence-corrected chi connectivity index (χ0v) is 9.64. The van der Waals surface area contributed by atoms with Crippen molar-refractivity contribution in [3.8, 4) is 0 Å². The Labute approximate surface area is 101 Å². The minimum Gasteiger partial charge on any atom is -0.409 e. The first kappa shape index (κ1) is 11.9. The van der Waals surface area contributed by atoms with E-state index < -0.39 is 10.0 Å². The summed E-state index contributed by atoms with van der Waals surface area (Å²) in [7, 11) is -3.84. The van der Waals surface area contributed by atoms with Crippen molar-refractivity contribution >= 4 is 21.7 Å². The first-order valence-corrected chi connectivity index (χ1v) is 6.06. The lowest BCUT2D eigenvalue weighted by Crippen LogP contribution is -2.19. The summed E-state index contributed by atoms with van der Waals surface area (Å²) in [5, 5.41) is 23.0. The molecule has 10 nitrogen and oxygen atoms in total. The normalized spacial score (nSPS) is 12.6. The van der Waals surface area contributed by atoms with Gasteiger partial charge in [0.1, 0.15) is 5.82 Å². The number of sulfonamides is 1. The van der Waals surface area contributed by atoms with Gasteiger partial charge in [-0.05, 0) is 6.07 Å². The summed E-state index contributed by atoms with van der Waals surface area (Å²) < 4.78 is 25.9. The summed E-state index contributed by atoms with van der Waals surface area (Å²) in [6.45, 7) is 0. The number of rotatable bonds is 4. The topological polar surface area (TPSA) is 162 Å². The Morgan fingerprint density at radius 1 is 1.44 bits per heavy atom. The zero-order chi connectivity index (χ0) is 13.2. The van der Waals surface area contributed by atoms with Gasteiger partial charge in [0.15, 0.2) is 10.9 Å². The van der Waals surface area contributed by atoms with Crippen molar-refractivity contribution in [2.75, 3.05) is 4.72 Å². The number of hydrogen-bond donors (Lipinski definition) is 5.